The number of hydrogen-bond donors (Lipinski definition) is 2. The number of piperazine rings is 1. The quantitative estimate of drug-likeness (QED) is 0.440. The molecule has 1 aliphatic heterocycles. The van der Waals surface area contributed by atoms with Crippen molar-refractivity contribution in [3.63, 3.8) is 0 Å². The Kier molecular flexibility index (Phi) is 15.2. The largest absolute Gasteiger partial charge is 0.425 e. The molecule has 0 aliphatic carbocycles. The van der Waals surface area contributed by atoms with Crippen LogP contribution in [0.5, 0.6) is 0 Å². The van der Waals surface area contributed by atoms with Gasteiger partial charge in [-0.2, -0.15) is 27.7 Å². The Balaban J connectivity index is 0.00000171. The van der Waals surface area contributed by atoms with Gasteiger partial charge in [0, 0.05) is 45.0 Å². The SMILES string of the molecule is CC.CC.CC1CN(S(C)(=O)=O)C(C)CN1c1nc(Nc2cccc(S(=O)(=O)O)c2)nc(N(C)C)n1.O=S(=O)=O. The summed E-state index contributed by atoms with van der Waals surface area (Å²) in [5, 5.41) is 2.95. The van der Waals surface area contributed by atoms with Crippen LogP contribution in [-0.4, -0.2) is 98.8 Å². The van der Waals surface area contributed by atoms with E-state index in [1.807, 2.05) is 46.4 Å². The zero-order chi connectivity index (χ0) is 31.4. The molecule has 0 spiro atoms. The molecule has 2 unspecified atom stereocenters. The summed E-state index contributed by atoms with van der Waals surface area (Å²) in [5.41, 5.74) is 0.366. The van der Waals surface area contributed by atoms with Crippen LogP contribution in [0.3, 0.4) is 0 Å². The van der Waals surface area contributed by atoms with Gasteiger partial charge in [0.25, 0.3) is 10.1 Å². The summed E-state index contributed by atoms with van der Waals surface area (Å²) in [4.78, 5) is 16.7. The molecule has 2 heterocycles. The minimum absolute atomic E-state index is 0.177. The Morgan fingerprint density at radius 1 is 0.950 bits per heavy atom. The molecule has 3 rings (SSSR count). The molecule has 2 aromatic rings. The molecule has 1 fully saturated rings. The van der Waals surface area contributed by atoms with Crippen molar-refractivity contribution in [1.82, 2.24) is 19.3 Å². The highest BCUT2D eigenvalue weighted by molar-refractivity contribution is 7.88. The molecule has 15 nitrogen and oxygen atoms in total. The minimum Gasteiger partial charge on any atom is -0.347 e. The first kappa shape index (κ1) is 37.1. The van der Waals surface area contributed by atoms with E-state index in [1.54, 1.807) is 25.1 Å². The molecule has 18 heteroatoms. The highest BCUT2D eigenvalue weighted by Gasteiger charge is 2.35. The number of anilines is 4. The van der Waals surface area contributed by atoms with Crippen LogP contribution >= 0.6 is 0 Å². The second-order valence-corrected chi connectivity index (χ2v) is 11.9. The van der Waals surface area contributed by atoms with Crippen LogP contribution in [0.15, 0.2) is 29.2 Å². The zero-order valence-corrected chi connectivity index (χ0v) is 26.5. The van der Waals surface area contributed by atoms with Crippen LogP contribution in [0.4, 0.5) is 23.5 Å². The number of nitrogens with one attached hydrogen (secondary N) is 1. The molecular formula is C22H39N7O8S3. The fourth-order valence-corrected chi connectivity index (χ4v) is 5.17. The lowest BCUT2D eigenvalue weighted by atomic mass is 10.1. The summed E-state index contributed by atoms with van der Waals surface area (Å²) in [7, 11) is -7.26. The maximum Gasteiger partial charge on any atom is 0.425 e. The second-order valence-electron chi connectivity index (χ2n) is 8.17. The van der Waals surface area contributed by atoms with Crippen molar-refractivity contribution in [2.75, 3.05) is 48.6 Å². The first-order valence-electron chi connectivity index (χ1n) is 12.3. The third-order valence-corrected chi connectivity index (χ3v) is 7.22. The van der Waals surface area contributed by atoms with Gasteiger partial charge in [0.15, 0.2) is 0 Å². The summed E-state index contributed by atoms with van der Waals surface area (Å²) in [6, 6.07) is 5.17. The van der Waals surface area contributed by atoms with Gasteiger partial charge in [-0.05, 0) is 32.0 Å². The standard InChI is InChI=1S/C18H27N7O5S2.2C2H6.O3S/c1-12-11-25(31(5,26)27)13(2)10-24(12)18-21-16(20-17(22-18)23(3)4)19-14-7-6-8-15(9-14)32(28,29)30;2*1-2;1-4(2)3/h6-9,12-13H,10-11H2,1-5H3,(H,28,29,30)(H,19,20,21,22);2*1-2H3;. The van der Waals surface area contributed by atoms with E-state index in [0.717, 1.165) is 0 Å². The van der Waals surface area contributed by atoms with E-state index in [1.165, 1.54) is 28.8 Å². The highest BCUT2D eigenvalue weighted by atomic mass is 32.2. The Labute approximate surface area is 238 Å². The monoisotopic (exact) mass is 625 g/mol. The lowest BCUT2D eigenvalue weighted by Gasteiger charge is -2.42. The van der Waals surface area contributed by atoms with Gasteiger partial charge in [0.1, 0.15) is 0 Å². The lowest BCUT2D eigenvalue weighted by Crippen LogP contribution is -2.58. The van der Waals surface area contributed by atoms with Gasteiger partial charge in [0.2, 0.25) is 27.9 Å². The predicted molar refractivity (Wildman–Crippen MR) is 154 cm³/mol. The molecule has 40 heavy (non-hydrogen) atoms. The first-order chi connectivity index (χ1) is 18.5. The molecule has 0 amide bonds. The average Bonchev–Trinajstić information content (AvgIpc) is 2.86. The Morgan fingerprint density at radius 3 is 1.98 bits per heavy atom. The van der Waals surface area contributed by atoms with Gasteiger partial charge in [-0.25, -0.2) is 8.42 Å². The maximum absolute atomic E-state index is 12.1. The fraction of sp³-hybridized carbons (Fsp3) is 0.591. The summed E-state index contributed by atoms with van der Waals surface area (Å²) in [6.07, 6.45) is 1.20. The van der Waals surface area contributed by atoms with Crippen molar-refractivity contribution in [3.05, 3.63) is 24.3 Å². The molecule has 0 radical (unpaired) electrons. The van der Waals surface area contributed by atoms with Gasteiger partial charge in [-0.1, -0.05) is 33.8 Å². The predicted octanol–water partition coefficient (Wildman–Crippen LogP) is 1.83. The summed E-state index contributed by atoms with van der Waals surface area (Å²) in [5.74, 6) is 0.912. The zero-order valence-electron chi connectivity index (χ0n) is 24.1. The molecule has 1 saturated heterocycles. The molecule has 1 aliphatic rings. The Hall–Kier alpha value is -2.93. The van der Waals surface area contributed by atoms with Crippen LogP contribution in [0.2, 0.25) is 0 Å². The topological polar surface area (TPSA) is 200 Å². The Morgan fingerprint density at radius 2 is 1.50 bits per heavy atom. The third-order valence-electron chi connectivity index (χ3n) is 5.01. The van der Waals surface area contributed by atoms with Crippen molar-refractivity contribution < 1.29 is 34.0 Å². The third kappa shape index (κ3) is 11.7. The van der Waals surface area contributed by atoms with Crippen molar-refractivity contribution >= 4 is 54.3 Å². The van der Waals surface area contributed by atoms with Crippen LogP contribution in [0.1, 0.15) is 41.5 Å². The summed E-state index contributed by atoms with van der Waals surface area (Å²) in [6.45, 7) is 12.4. The molecule has 0 bridgehead atoms. The van der Waals surface area contributed by atoms with Crippen molar-refractivity contribution in [2.24, 2.45) is 0 Å². The summed E-state index contributed by atoms with van der Waals surface area (Å²) < 4.78 is 83.1. The van der Waals surface area contributed by atoms with Crippen LogP contribution < -0.4 is 15.1 Å². The van der Waals surface area contributed by atoms with E-state index in [9.17, 15) is 21.4 Å². The molecule has 2 N–H and O–H groups in total. The van der Waals surface area contributed by atoms with Crippen LogP contribution in [0.25, 0.3) is 0 Å². The number of aromatic nitrogens is 3. The van der Waals surface area contributed by atoms with E-state index in [2.05, 4.69) is 20.3 Å². The van der Waals surface area contributed by atoms with Gasteiger partial charge in [0.05, 0.1) is 11.2 Å². The molecule has 1 aromatic carbocycles. The van der Waals surface area contributed by atoms with Crippen molar-refractivity contribution in [2.45, 2.75) is 58.5 Å². The number of sulfonamides is 1. The lowest BCUT2D eigenvalue weighted by molar-refractivity contribution is 0.273. The molecule has 1 aromatic heterocycles. The smallest absolute Gasteiger partial charge is 0.347 e. The number of benzene rings is 1. The molecule has 2 atom stereocenters. The van der Waals surface area contributed by atoms with E-state index in [-0.39, 0.29) is 22.9 Å². The van der Waals surface area contributed by atoms with Gasteiger partial charge >= 0.3 is 10.6 Å². The van der Waals surface area contributed by atoms with Gasteiger partial charge in [-0.3, -0.25) is 4.55 Å². The molecular weight excluding hydrogens is 586 g/mol. The van der Waals surface area contributed by atoms with Gasteiger partial charge < -0.3 is 15.1 Å². The maximum atomic E-state index is 12.1. The normalized spacial score (nSPS) is 17.1. The minimum atomic E-state index is -4.36. The van der Waals surface area contributed by atoms with E-state index >= 15 is 0 Å². The van der Waals surface area contributed by atoms with Gasteiger partial charge in [-0.15, -0.1) is 12.6 Å². The van der Waals surface area contributed by atoms with E-state index in [0.29, 0.717) is 30.7 Å². The molecule has 0 saturated carbocycles. The van der Waals surface area contributed by atoms with Crippen molar-refractivity contribution in [1.29, 1.82) is 0 Å². The molecule has 228 valence electrons. The average molecular weight is 626 g/mol. The fourth-order valence-electron chi connectivity index (χ4n) is 3.44. The second kappa shape index (κ2) is 16.4. The number of nitrogens with zero attached hydrogens (tertiary/aromatic N) is 6. The first-order valence-corrected chi connectivity index (χ1v) is 16.6. The van der Waals surface area contributed by atoms with E-state index < -0.39 is 30.8 Å². The van der Waals surface area contributed by atoms with E-state index in [4.69, 9.17) is 12.6 Å². The van der Waals surface area contributed by atoms with Crippen LogP contribution in [-0.2, 0) is 30.8 Å². The number of rotatable bonds is 6. The Bertz CT molecular complexity index is 1410. The summed E-state index contributed by atoms with van der Waals surface area (Å²) >= 11 is 0. The van der Waals surface area contributed by atoms with Crippen molar-refractivity contribution in [3.8, 4) is 0 Å². The van der Waals surface area contributed by atoms with Crippen LogP contribution in [0, 0.1) is 0 Å². The highest BCUT2D eigenvalue weighted by Crippen LogP contribution is 2.25. The number of hydrogen-bond acceptors (Lipinski definition) is 13.